The Labute approximate surface area is 233 Å². The first-order valence-corrected chi connectivity index (χ1v) is 14.0. The predicted molar refractivity (Wildman–Crippen MR) is 161 cm³/mol. The first-order chi connectivity index (χ1) is 18.4. The van der Waals surface area contributed by atoms with Gasteiger partial charge in [-0.25, -0.2) is 0 Å². The lowest BCUT2D eigenvalue weighted by Crippen LogP contribution is -2.21. The Hall–Kier alpha value is -3.60. The number of hydrogen-bond acceptors (Lipinski definition) is 3. The third-order valence-corrected chi connectivity index (χ3v) is 7.46. The fourth-order valence-corrected chi connectivity index (χ4v) is 5.41. The molecule has 0 fully saturated rings. The Bertz CT molecular complexity index is 1380. The molecule has 1 aliphatic rings. The molecule has 1 atom stereocenters. The maximum atomic E-state index is 13.2. The molecule has 0 radical (unpaired) electrons. The molecule has 2 N–H and O–H groups in total. The van der Waals surface area contributed by atoms with Crippen LogP contribution in [0, 0.1) is 19.3 Å². The first kappa shape index (κ1) is 28.4. The zero-order chi connectivity index (χ0) is 28.5. The number of amides is 2. The van der Waals surface area contributed by atoms with Crippen LogP contribution in [0.5, 0.6) is 5.75 Å². The molecule has 5 nitrogen and oxygen atoms in total. The van der Waals surface area contributed by atoms with Gasteiger partial charge in [-0.05, 0) is 65.1 Å². The molecule has 5 heteroatoms. The van der Waals surface area contributed by atoms with Gasteiger partial charge in [0.1, 0.15) is 5.75 Å². The van der Waals surface area contributed by atoms with Crippen LogP contribution in [0.25, 0.3) is 11.1 Å². The van der Waals surface area contributed by atoms with E-state index in [0.29, 0.717) is 25.4 Å². The molecule has 0 saturated carbocycles. The summed E-state index contributed by atoms with van der Waals surface area (Å²) < 4.78 is 6.47. The molecule has 206 valence electrons. The van der Waals surface area contributed by atoms with E-state index >= 15 is 0 Å². The zero-order valence-corrected chi connectivity index (χ0v) is 24.6. The summed E-state index contributed by atoms with van der Waals surface area (Å²) in [4.78, 5) is 25.3. The van der Waals surface area contributed by atoms with Crippen molar-refractivity contribution in [2.45, 2.75) is 80.1 Å². The number of fused-ring (bicyclic) bond motifs is 1. The molecular weight excluding hydrogens is 484 g/mol. The van der Waals surface area contributed by atoms with Gasteiger partial charge in [-0.3, -0.25) is 9.59 Å². The summed E-state index contributed by atoms with van der Waals surface area (Å²) in [5.74, 6) is 1.35. The van der Waals surface area contributed by atoms with Gasteiger partial charge in [-0.15, -0.1) is 0 Å². The smallest absolute Gasteiger partial charge is 0.224 e. The second kappa shape index (κ2) is 11.3. The molecule has 3 aromatic carbocycles. The summed E-state index contributed by atoms with van der Waals surface area (Å²) in [6, 6.07) is 16.7. The summed E-state index contributed by atoms with van der Waals surface area (Å²) >= 11 is 0. The number of carbonyl (C=O) groups is 2. The van der Waals surface area contributed by atoms with Crippen molar-refractivity contribution in [1.82, 2.24) is 0 Å². The lowest BCUT2D eigenvalue weighted by molar-refractivity contribution is -0.118. The van der Waals surface area contributed by atoms with Gasteiger partial charge in [0.25, 0.3) is 0 Å². The quantitative estimate of drug-likeness (QED) is 0.325. The Kier molecular flexibility index (Phi) is 8.20. The number of ether oxygens (including phenoxy) is 1. The lowest BCUT2D eigenvalue weighted by atomic mass is 9.84. The van der Waals surface area contributed by atoms with Gasteiger partial charge < -0.3 is 15.4 Å². The van der Waals surface area contributed by atoms with Gasteiger partial charge in [0.2, 0.25) is 11.8 Å². The summed E-state index contributed by atoms with van der Waals surface area (Å²) in [7, 11) is 0. The molecule has 39 heavy (non-hydrogen) atoms. The van der Waals surface area contributed by atoms with Gasteiger partial charge in [0.05, 0.1) is 6.61 Å². The summed E-state index contributed by atoms with van der Waals surface area (Å²) in [6.45, 7) is 17.1. The van der Waals surface area contributed by atoms with Crippen molar-refractivity contribution < 1.29 is 14.3 Å². The van der Waals surface area contributed by atoms with Crippen molar-refractivity contribution in [2.24, 2.45) is 5.41 Å². The van der Waals surface area contributed by atoms with E-state index < -0.39 is 0 Å². The van der Waals surface area contributed by atoms with Crippen molar-refractivity contribution in [2.75, 3.05) is 17.2 Å². The molecule has 0 saturated heterocycles. The Morgan fingerprint density at radius 3 is 2.28 bits per heavy atom. The van der Waals surface area contributed by atoms with Gasteiger partial charge in [-0.2, -0.15) is 0 Å². The maximum Gasteiger partial charge on any atom is 0.224 e. The molecule has 3 aromatic rings. The summed E-state index contributed by atoms with van der Waals surface area (Å²) in [5.41, 5.74) is 8.98. The number of rotatable bonds is 7. The maximum absolute atomic E-state index is 13.2. The van der Waals surface area contributed by atoms with Gasteiger partial charge in [0.15, 0.2) is 0 Å². The number of benzene rings is 3. The third kappa shape index (κ3) is 6.19. The molecule has 0 aromatic heterocycles. The van der Waals surface area contributed by atoms with Crippen LogP contribution in [0.15, 0.2) is 48.5 Å². The van der Waals surface area contributed by atoms with Crippen molar-refractivity contribution >= 4 is 23.2 Å². The van der Waals surface area contributed by atoms with Crippen molar-refractivity contribution in [3.8, 4) is 16.9 Å². The average Bonchev–Trinajstić information content (AvgIpc) is 3.30. The topological polar surface area (TPSA) is 67.4 Å². The fraction of sp³-hybridized carbons (Fsp3) is 0.412. The Morgan fingerprint density at radius 1 is 0.974 bits per heavy atom. The summed E-state index contributed by atoms with van der Waals surface area (Å²) in [6.07, 6.45) is 0.834. The molecule has 0 bridgehead atoms. The van der Waals surface area contributed by atoms with E-state index in [4.69, 9.17) is 4.74 Å². The second-order valence-corrected chi connectivity index (χ2v) is 12.2. The van der Waals surface area contributed by atoms with Crippen molar-refractivity contribution in [3.05, 3.63) is 76.3 Å². The van der Waals surface area contributed by atoms with E-state index in [-0.39, 0.29) is 23.1 Å². The number of nitrogens with one attached hydrogen (secondary N) is 2. The van der Waals surface area contributed by atoms with Crippen LogP contribution in [0.4, 0.5) is 11.4 Å². The van der Waals surface area contributed by atoms with E-state index in [1.807, 2.05) is 38.1 Å². The van der Waals surface area contributed by atoms with Crippen LogP contribution in [0.3, 0.4) is 0 Å². The SMILES string of the molecule is CCC(=O)Nc1cccc(-c2c(C)c(NC(=O)CC(C)(C)C)c(C)c3c2OCC3c2ccc(C(C)C)cc2)c1. The van der Waals surface area contributed by atoms with Crippen LogP contribution >= 0.6 is 0 Å². The highest BCUT2D eigenvalue weighted by molar-refractivity contribution is 5.97. The highest BCUT2D eigenvalue weighted by atomic mass is 16.5. The zero-order valence-electron chi connectivity index (χ0n) is 24.6. The summed E-state index contributed by atoms with van der Waals surface area (Å²) in [5, 5.41) is 6.24. The van der Waals surface area contributed by atoms with Crippen molar-refractivity contribution in [1.29, 1.82) is 0 Å². The molecule has 1 unspecified atom stereocenters. The van der Waals surface area contributed by atoms with Gasteiger partial charge >= 0.3 is 0 Å². The largest absolute Gasteiger partial charge is 0.492 e. The number of anilines is 2. The number of hydrogen-bond donors (Lipinski definition) is 2. The minimum absolute atomic E-state index is 0.000288. The highest BCUT2D eigenvalue weighted by Crippen LogP contribution is 2.51. The fourth-order valence-electron chi connectivity index (χ4n) is 5.41. The standard InChI is InChI=1S/C34H42N2O3/c1-9-28(37)35-26-12-10-11-25(17-26)30-21(4)32(36-29(38)18-34(6,7)8)22(5)31-27(19-39-33(30)31)24-15-13-23(14-16-24)20(2)3/h10-17,20,27H,9,18-19H2,1-8H3,(H,35,37)(H,36,38). The molecule has 2 amide bonds. The lowest BCUT2D eigenvalue weighted by Gasteiger charge is -2.23. The first-order valence-electron chi connectivity index (χ1n) is 14.0. The van der Waals surface area contributed by atoms with Crippen LogP contribution in [-0.2, 0) is 9.59 Å². The van der Waals surface area contributed by atoms with Gasteiger partial charge in [0, 0.05) is 41.3 Å². The molecule has 1 aliphatic heterocycles. The Morgan fingerprint density at radius 2 is 1.67 bits per heavy atom. The molecule has 1 heterocycles. The average molecular weight is 527 g/mol. The third-order valence-electron chi connectivity index (χ3n) is 7.46. The number of carbonyl (C=O) groups excluding carboxylic acids is 2. The predicted octanol–water partition coefficient (Wildman–Crippen LogP) is 8.34. The minimum Gasteiger partial charge on any atom is -0.492 e. The molecule has 0 aliphatic carbocycles. The molecule has 0 spiro atoms. The molecule has 4 rings (SSSR count). The van der Waals surface area contributed by atoms with E-state index in [0.717, 1.165) is 44.9 Å². The monoisotopic (exact) mass is 526 g/mol. The minimum atomic E-state index is -0.124. The van der Waals surface area contributed by atoms with Crippen LogP contribution < -0.4 is 15.4 Å². The van der Waals surface area contributed by atoms with Gasteiger partial charge in [-0.1, -0.05) is 77.9 Å². The second-order valence-electron chi connectivity index (χ2n) is 12.2. The van der Waals surface area contributed by atoms with E-state index in [2.05, 4.69) is 76.4 Å². The van der Waals surface area contributed by atoms with Crippen LogP contribution in [-0.4, -0.2) is 18.4 Å². The van der Waals surface area contributed by atoms with E-state index in [1.165, 1.54) is 11.1 Å². The normalized spacial score (nSPS) is 14.6. The van der Waals surface area contributed by atoms with E-state index in [1.54, 1.807) is 0 Å². The molecular formula is C34H42N2O3. The van der Waals surface area contributed by atoms with Crippen LogP contribution in [0.1, 0.15) is 94.0 Å². The highest BCUT2D eigenvalue weighted by Gasteiger charge is 2.34. The van der Waals surface area contributed by atoms with Crippen molar-refractivity contribution in [3.63, 3.8) is 0 Å². The van der Waals surface area contributed by atoms with E-state index in [9.17, 15) is 9.59 Å². The van der Waals surface area contributed by atoms with Crippen LogP contribution in [0.2, 0.25) is 0 Å². The Balaban J connectivity index is 1.88.